The van der Waals surface area contributed by atoms with Crippen molar-refractivity contribution >= 4 is 11.8 Å². The first-order chi connectivity index (χ1) is 10.0. The maximum Gasteiger partial charge on any atom is 0.309 e. The number of methoxy groups -OCH3 is 1. The zero-order valence-electron chi connectivity index (χ0n) is 12.8. The van der Waals surface area contributed by atoms with Gasteiger partial charge in [-0.25, -0.2) is 0 Å². The van der Waals surface area contributed by atoms with Crippen LogP contribution in [0.4, 0.5) is 0 Å². The molecule has 0 atom stereocenters. The van der Waals surface area contributed by atoms with E-state index in [0.717, 1.165) is 11.3 Å². The van der Waals surface area contributed by atoms with Gasteiger partial charge in [0, 0.05) is 19.6 Å². The predicted octanol–water partition coefficient (Wildman–Crippen LogP) is 0.0317. The minimum Gasteiger partial charge on any atom is -0.497 e. The lowest BCUT2D eigenvalue weighted by molar-refractivity contribution is -0.139. The second kappa shape index (κ2) is 8.97. The number of nitrogens with one attached hydrogen (secondary N) is 2. The molecule has 0 saturated carbocycles. The van der Waals surface area contributed by atoms with Gasteiger partial charge < -0.3 is 20.3 Å². The number of benzene rings is 1. The van der Waals surface area contributed by atoms with Gasteiger partial charge in [0.25, 0.3) is 0 Å². The molecule has 0 radical (unpaired) electrons. The monoisotopic (exact) mass is 293 g/mol. The molecule has 0 aliphatic carbocycles. The third kappa shape index (κ3) is 6.76. The molecule has 6 heteroatoms. The third-order valence-corrected chi connectivity index (χ3v) is 2.91. The first-order valence-electron chi connectivity index (χ1n) is 6.86. The maximum atomic E-state index is 11.6. The molecule has 0 fully saturated rings. The number of likely N-dealkylation sites (N-methyl/N-ethyl adjacent to an activating group) is 1. The maximum absolute atomic E-state index is 11.6. The van der Waals surface area contributed by atoms with Crippen LogP contribution in [-0.4, -0.2) is 57.6 Å². The number of amides is 2. The molecule has 21 heavy (non-hydrogen) atoms. The SMILES string of the molecule is COc1ccc(CCNC(=O)C(=O)NCCN(C)C)cc1. The Kier molecular flexibility index (Phi) is 7.25. The van der Waals surface area contributed by atoms with Crippen molar-refractivity contribution in [3.63, 3.8) is 0 Å². The Morgan fingerprint density at radius 1 is 1.05 bits per heavy atom. The van der Waals surface area contributed by atoms with Crippen molar-refractivity contribution in [2.75, 3.05) is 40.8 Å². The molecule has 0 aliphatic rings. The summed E-state index contributed by atoms with van der Waals surface area (Å²) in [5.41, 5.74) is 1.07. The van der Waals surface area contributed by atoms with Crippen molar-refractivity contribution in [3.8, 4) is 5.75 Å². The van der Waals surface area contributed by atoms with E-state index in [0.29, 0.717) is 26.1 Å². The van der Waals surface area contributed by atoms with E-state index in [1.54, 1.807) is 7.11 Å². The average molecular weight is 293 g/mol. The molecular formula is C15H23N3O3. The first-order valence-corrected chi connectivity index (χ1v) is 6.86. The highest BCUT2D eigenvalue weighted by Crippen LogP contribution is 2.11. The molecule has 0 spiro atoms. The van der Waals surface area contributed by atoms with Crippen molar-refractivity contribution in [2.45, 2.75) is 6.42 Å². The molecule has 1 aromatic carbocycles. The van der Waals surface area contributed by atoms with E-state index in [1.165, 1.54) is 0 Å². The molecule has 1 aromatic rings. The normalized spacial score (nSPS) is 10.3. The highest BCUT2D eigenvalue weighted by Gasteiger charge is 2.11. The molecule has 0 saturated heterocycles. The van der Waals surface area contributed by atoms with Gasteiger partial charge in [-0.15, -0.1) is 0 Å². The van der Waals surface area contributed by atoms with Gasteiger partial charge in [-0.2, -0.15) is 0 Å². The first kappa shape index (κ1) is 17.0. The molecule has 116 valence electrons. The van der Waals surface area contributed by atoms with Gasteiger partial charge in [0.1, 0.15) is 5.75 Å². The van der Waals surface area contributed by atoms with Crippen molar-refractivity contribution < 1.29 is 14.3 Å². The van der Waals surface area contributed by atoms with Crippen LogP contribution in [0.1, 0.15) is 5.56 Å². The van der Waals surface area contributed by atoms with Gasteiger partial charge in [-0.3, -0.25) is 9.59 Å². The summed E-state index contributed by atoms with van der Waals surface area (Å²) in [6, 6.07) is 7.60. The largest absolute Gasteiger partial charge is 0.497 e. The topological polar surface area (TPSA) is 70.7 Å². The Balaban J connectivity index is 2.24. The lowest BCUT2D eigenvalue weighted by atomic mass is 10.1. The van der Waals surface area contributed by atoms with E-state index in [-0.39, 0.29) is 0 Å². The van der Waals surface area contributed by atoms with Crippen LogP contribution in [-0.2, 0) is 16.0 Å². The summed E-state index contributed by atoms with van der Waals surface area (Å²) in [6.45, 7) is 1.58. The Hall–Kier alpha value is -2.08. The number of carbonyl (C=O) groups is 2. The van der Waals surface area contributed by atoms with Crippen LogP contribution in [0.2, 0.25) is 0 Å². The van der Waals surface area contributed by atoms with E-state index in [4.69, 9.17) is 4.74 Å². The molecule has 0 unspecified atom stereocenters. The van der Waals surface area contributed by atoms with Crippen LogP contribution in [0.15, 0.2) is 24.3 Å². The van der Waals surface area contributed by atoms with Gasteiger partial charge >= 0.3 is 11.8 Å². The van der Waals surface area contributed by atoms with Gasteiger partial charge in [-0.1, -0.05) is 12.1 Å². The second-order valence-electron chi connectivity index (χ2n) is 4.91. The fourth-order valence-electron chi connectivity index (χ4n) is 1.67. The zero-order chi connectivity index (χ0) is 15.7. The van der Waals surface area contributed by atoms with Crippen LogP contribution in [0.25, 0.3) is 0 Å². The summed E-state index contributed by atoms with van der Waals surface area (Å²) < 4.78 is 5.07. The molecule has 0 aliphatic heterocycles. The summed E-state index contributed by atoms with van der Waals surface area (Å²) in [5.74, 6) is -0.392. The van der Waals surface area contributed by atoms with E-state index >= 15 is 0 Å². The van der Waals surface area contributed by atoms with E-state index in [1.807, 2.05) is 43.3 Å². The minimum atomic E-state index is -0.595. The van der Waals surface area contributed by atoms with E-state index in [9.17, 15) is 9.59 Å². The number of carbonyl (C=O) groups excluding carboxylic acids is 2. The van der Waals surface area contributed by atoms with Crippen LogP contribution < -0.4 is 15.4 Å². The van der Waals surface area contributed by atoms with Crippen LogP contribution in [0.5, 0.6) is 5.75 Å². The predicted molar refractivity (Wildman–Crippen MR) is 81.3 cm³/mol. The number of nitrogens with zero attached hydrogens (tertiary/aromatic N) is 1. The third-order valence-electron chi connectivity index (χ3n) is 2.91. The van der Waals surface area contributed by atoms with Gasteiger partial charge in [0.15, 0.2) is 0 Å². The number of hydrogen-bond donors (Lipinski definition) is 2. The van der Waals surface area contributed by atoms with Crippen LogP contribution in [0.3, 0.4) is 0 Å². The highest BCUT2D eigenvalue weighted by atomic mass is 16.5. The summed E-state index contributed by atoms with van der Waals surface area (Å²) >= 11 is 0. The zero-order valence-corrected chi connectivity index (χ0v) is 12.8. The number of hydrogen-bond acceptors (Lipinski definition) is 4. The van der Waals surface area contributed by atoms with Crippen molar-refractivity contribution in [1.29, 1.82) is 0 Å². The lowest BCUT2D eigenvalue weighted by Crippen LogP contribution is -2.42. The van der Waals surface area contributed by atoms with Crippen molar-refractivity contribution in [1.82, 2.24) is 15.5 Å². The fraction of sp³-hybridized carbons (Fsp3) is 0.467. The van der Waals surface area contributed by atoms with E-state index < -0.39 is 11.8 Å². The Labute approximate surface area is 125 Å². The standard InChI is InChI=1S/C15H23N3O3/c1-18(2)11-10-17-15(20)14(19)16-9-8-12-4-6-13(21-3)7-5-12/h4-7H,8-11H2,1-3H3,(H,16,19)(H,17,20). The van der Waals surface area contributed by atoms with Crippen LogP contribution >= 0.6 is 0 Å². The van der Waals surface area contributed by atoms with Gasteiger partial charge in [0.2, 0.25) is 0 Å². The average Bonchev–Trinajstić information content (AvgIpc) is 2.47. The summed E-state index contributed by atoms with van der Waals surface area (Å²) in [6.07, 6.45) is 0.667. The van der Waals surface area contributed by atoms with Gasteiger partial charge in [0.05, 0.1) is 7.11 Å². The molecule has 0 bridgehead atoms. The summed E-state index contributed by atoms with van der Waals surface area (Å²) in [7, 11) is 5.42. The Bertz CT molecular complexity index is 458. The summed E-state index contributed by atoms with van der Waals surface area (Å²) in [5, 5.41) is 5.17. The van der Waals surface area contributed by atoms with Crippen LogP contribution in [0, 0.1) is 0 Å². The molecule has 0 aromatic heterocycles. The summed E-state index contributed by atoms with van der Waals surface area (Å²) in [4.78, 5) is 25.0. The molecule has 2 amide bonds. The minimum absolute atomic E-state index is 0.423. The molecule has 2 N–H and O–H groups in total. The number of ether oxygens (including phenoxy) is 1. The molecule has 0 heterocycles. The lowest BCUT2D eigenvalue weighted by Gasteiger charge is -2.10. The van der Waals surface area contributed by atoms with Crippen molar-refractivity contribution in [3.05, 3.63) is 29.8 Å². The second-order valence-corrected chi connectivity index (χ2v) is 4.91. The smallest absolute Gasteiger partial charge is 0.309 e. The molecular weight excluding hydrogens is 270 g/mol. The van der Waals surface area contributed by atoms with Gasteiger partial charge in [-0.05, 0) is 38.2 Å². The van der Waals surface area contributed by atoms with Crippen molar-refractivity contribution in [2.24, 2.45) is 0 Å². The van der Waals surface area contributed by atoms with E-state index in [2.05, 4.69) is 10.6 Å². The Morgan fingerprint density at radius 2 is 1.62 bits per heavy atom. The fourth-order valence-corrected chi connectivity index (χ4v) is 1.67. The molecule has 1 rings (SSSR count). The number of rotatable bonds is 7. The Morgan fingerprint density at radius 3 is 2.14 bits per heavy atom. The highest BCUT2D eigenvalue weighted by molar-refractivity contribution is 6.35. The quantitative estimate of drug-likeness (QED) is 0.696. The molecule has 6 nitrogen and oxygen atoms in total.